The van der Waals surface area contributed by atoms with Crippen molar-refractivity contribution in [1.29, 1.82) is 0 Å². The summed E-state index contributed by atoms with van der Waals surface area (Å²) in [4.78, 5) is 23.0. The van der Waals surface area contributed by atoms with Crippen molar-refractivity contribution in [1.82, 2.24) is 0 Å². The third-order valence-corrected chi connectivity index (χ3v) is 2.43. The van der Waals surface area contributed by atoms with E-state index >= 15 is 0 Å². The number of amides is 1. The van der Waals surface area contributed by atoms with Crippen LogP contribution in [0.15, 0.2) is 12.1 Å². The zero-order chi connectivity index (χ0) is 17.5. The van der Waals surface area contributed by atoms with Gasteiger partial charge in [-0.25, -0.2) is 14.0 Å². The summed E-state index contributed by atoms with van der Waals surface area (Å²) in [6.45, 7) is 10.5. The number of rotatable bonds is 2. The summed E-state index contributed by atoms with van der Waals surface area (Å²) >= 11 is 0. The molecular weight excluding hydrogens is 289 g/mol. The summed E-state index contributed by atoms with van der Waals surface area (Å²) in [6.07, 6.45) is -0.762. The Morgan fingerprint density at radius 3 is 2.18 bits per heavy atom. The number of benzene rings is 1. The van der Waals surface area contributed by atoms with Gasteiger partial charge in [-0.2, -0.15) is 0 Å². The van der Waals surface area contributed by atoms with E-state index in [1.165, 1.54) is 26.2 Å². The van der Waals surface area contributed by atoms with Crippen molar-refractivity contribution in [3.05, 3.63) is 29.1 Å². The predicted octanol–water partition coefficient (Wildman–Crippen LogP) is 4.29. The van der Waals surface area contributed by atoms with E-state index in [0.29, 0.717) is 0 Å². The van der Waals surface area contributed by atoms with Crippen molar-refractivity contribution in [2.75, 3.05) is 12.4 Å². The van der Waals surface area contributed by atoms with Crippen molar-refractivity contribution in [3.8, 4) is 0 Å². The van der Waals surface area contributed by atoms with Crippen LogP contribution in [0.2, 0.25) is 0 Å². The molecule has 0 aliphatic heterocycles. The highest BCUT2D eigenvalue weighted by Crippen LogP contribution is 2.22. The highest BCUT2D eigenvalue weighted by molar-refractivity contribution is 5.93. The van der Waals surface area contributed by atoms with Gasteiger partial charge < -0.3 is 9.47 Å². The SMILES string of the molecule is CC.COC(=O)c1ccc(NC(=O)OC(C)(C)C)c(F)c1C. The van der Waals surface area contributed by atoms with Gasteiger partial charge in [-0.15, -0.1) is 0 Å². The molecule has 0 radical (unpaired) electrons. The fraction of sp³-hybridized carbons (Fsp3) is 0.500. The first-order valence-corrected chi connectivity index (χ1v) is 7.03. The third-order valence-electron chi connectivity index (χ3n) is 2.43. The molecule has 0 heterocycles. The van der Waals surface area contributed by atoms with Gasteiger partial charge >= 0.3 is 12.1 Å². The average molecular weight is 313 g/mol. The Bertz CT molecular complexity index is 536. The van der Waals surface area contributed by atoms with E-state index in [9.17, 15) is 14.0 Å². The average Bonchev–Trinajstić information content (AvgIpc) is 2.43. The fourth-order valence-electron chi connectivity index (χ4n) is 1.53. The quantitative estimate of drug-likeness (QED) is 0.827. The van der Waals surface area contributed by atoms with Gasteiger partial charge in [-0.1, -0.05) is 13.8 Å². The van der Waals surface area contributed by atoms with E-state index in [1.54, 1.807) is 20.8 Å². The van der Waals surface area contributed by atoms with Gasteiger partial charge in [0.05, 0.1) is 18.4 Å². The van der Waals surface area contributed by atoms with E-state index in [4.69, 9.17) is 4.74 Å². The zero-order valence-electron chi connectivity index (χ0n) is 14.2. The Morgan fingerprint density at radius 1 is 1.18 bits per heavy atom. The first-order chi connectivity index (χ1) is 10.2. The Kier molecular flexibility index (Phi) is 7.56. The number of hydrogen-bond acceptors (Lipinski definition) is 4. The predicted molar refractivity (Wildman–Crippen MR) is 83.7 cm³/mol. The largest absolute Gasteiger partial charge is 0.465 e. The van der Waals surface area contributed by atoms with Gasteiger partial charge in [0.2, 0.25) is 0 Å². The number of carbonyl (C=O) groups excluding carboxylic acids is 2. The molecule has 0 aliphatic carbocycles. The second-order valence-electron chi connectivity index (χ2n) is 5.22. The molecule has 0 atom stereocenters. The molecule has 22 heavy (non-hydrogen) atoms. The summed E-state index contributed by atoms with van der Waals surface area (Å²) in [5.74, 6) is -1.33. The monoisotopic (exact) mass is 313 g/mol. The number of anilines is 1. The molecular formula is C16H24FNO4. The van der Waals surface area contributed by atoms with Crippen molar-refractivity contribution < 1.29 is 23.5 Å². The number of esters is 1. The van der Waals surface area contributed by atoms with Crippen LogP contribution >= 0.6 is 0 Å². The topological polar surface area (TPSA) is 64.6 Å². The van der Waals surface area contributed by atoms with Gasteiger partial charge in [0.15, 0.2) is 5.82 Å². The lowest BCUT2D eigenvalue weighted by Gasteiger charge is -2.20. The Labute approximate surface area is 130 Å². The minimum Gasteiger partial charge on any atom is -0.465 e. The first-order valence-electron chi connectivity index (χ1n) is 7.03. The van der Waals surface area contributed by atoms with E-state index < -0.39 is 23.5 Å². The first kappa shape index (κ1) is 19.9. The summed E-state index contributed by atoms with van der Waals surface area (Å²) in [5.41, 5.74) is -0.517. The Balaban J connectivity index is 0.00000211. The molecule has 1 amide bonds. The van der Waals surface area contributed by atoms with E-state index in [1.807, 2.05) is 13.8 Å². The van der Waals surface area contributed by atoms with E-state index in [-0.39, 0.29) is 16.8 Å². The molecule has 1 N–H and O–H groups in total. The number of halogens is 1. The summed E-state index contributed by atoms with van der Waals surface area (Å²) in [5, 5.41) is 2.30. The molecule has 0 saturated heterocycles. The molecule has 0 spiro atoms. The molecule has 1 aromatic carbocycles. The molecule has 0 aliphatic rings. The molecule has 0 bridgehead atoms. The lowest BCUT2D eigenvalue weighted by molar-refractivity contribution is 0.0597. The maximum absolute atomic E-state index is 14.1. The minimum absolute atomic E-state index is 0.0515. The standard InChI is InChI=1S/C14H18FNO4.C2H6/c1-8-9(12(17)19-5)6-7-10(11(8)15)16-13(18)20-14(2,3)4;1-2/h6-7H,1-5H3,(H,16,18);1-2H3. The molecule has 0 saturated carbocycles. The number of carbonyl (C=O) groups is 2. The van der Waals surface area contributed by atoms with Crippen LogP contribution in [0.3, 0.4) is 0 Å². The van der Waals surface area contributed by atoms with Crippen molar-refractivity contribution in [3.63, 3.8) is 0 Å². The van der Waals surface area contributed by atoms with Crippen LogP contribution < -0.4 is 5.32 Å². The minimum atomic E-state index is -0.762. The van der Waals surface area contributed by atoms with Crippen molar-refractivity contribution in [2.45, 2.75) is 47.1 Å². The maximum atomic E-state index is 14.1. The zero-order valence-corrected chi connectivity index (χ0v) is 14.2. The Morgan fingerprint density at radius 2 is 1.73 bits per heavy atom. The lowest BCUT2D eigenvalue weighted by atomic mass is 10.1. The van der Waals surface area contributed by atoms with Crippen molar-refractivity contribution >= 4 is 17.7 Å². The fourth-order valence-corrected chi connectivity index (χ4v) is 1.53. The molecule has 1 aromatic rings. The molecule has 0 fully saturated rings. The van der Waals surface area contributed by atoms with Crippen LogP contribution in [-0.2, 0) is 9.47 Å². The maximum Gasteiger partial charge on any atom is 0.412 e. The van der Waals surface area contributed by atoms with Crippen LogP contribution in [0.4, 0.5) is 14.9 Å². The molecule has 0 aromatic heterocycles. The number of ether oxygens (including phenoxy) is 2. The molecule has 5 nitrogen and oxygen atoms in total. The smallest absolute Gasteiger partial charge is 0.412 e. The molecule has 0 unspecified atom stereocenters. The van der Waals surface area contributed by atoms with E-state index in [0.717, 1.165) is 0 Å². The van der Waals surface area contributed by atoms with Gasteiger partial charge in [0.1, 0.15) is 5.60 Å². The van der Waals surface area contributed by atoms with Gasteiger partial charge in [0, 0.05) is 5.56 Å². The summed E-state index contributed by atoms with van der Waals surface area (Å²) < 4.78 is 23.6. The molecule has 124 valence electrons. The second-order valence-corrected chi connectivity index (χ2v) is 5.22. The van der Waals surface area contributed by atoms with Gasteiger partial charge in [-0.05, 0) is 39.8 Å². The number of nitrogens with one attached hydrogen (secondary N) is 1. The highest BCUT2D eigenvalue weighted by Gasteiger charge is 2.20. The summed E-state index contributed by atoms with van der Waals surface area (Å²) in [7, 11) is 1.21. The van der Waals surface area contributed by atoms with Gasteiger partial charge in [-0.3, -0.25) is 5.32 Å². The van der Waals surface area contributed by atoms with Crippen molar-refractivity contribution in [2.24, 2.45) is 0 Å². The van der Waals surface area contributed by atoms with Crippen LogP contribution in [0.5, 0.6) is 0 Å². The number of methoxy groups -OCH3 is 1. The second kappa shape index (κ2) is 8.36. The number of hydrogen-bond donors (Lipinski definition) is 1. The van der Waals surface area contributed by atoms with Crippen LogP contribution in [-0.4, -0.2) is 24.8 Å². The normalized spacial score (nSPS) is 10.2. The third kappa shape index (κ3) is 5.71. The van der Waals surface area contributed by atoms with Crippen LogP contribution in [0.1, 0.15) is 50.5 Å². The lowest BCUT2D eigenvalue weighted by Crippen LogP contribution is -2.27. The summed E-state index contributed by atoms with van der Waals surface area (Å²) in [6, 6.07) is 2.68. The molecule has 1 rings (SSSR count). The highest BCUT2D eigenvalue weighted by atomic mass is 19.1. The van der Waals surface area contributed by atoms with Gasteiger partial charge in [0.25, 0.3) is 0 Å². The van der Waals surface area contributed by atoms with Crippen LogP contribution in [0, 0.1) is 12.7 Å². The van der Waals surface area contributed by atoms with Crippen LogP contribution in [0.25, 0.3) is 0 Å². The Hall–Kier alpha value is -2.11. The molecule has 6 heteroatoms. The van der Waals surface area contributed by atoms with E-state index in [2.05, 4.69) is 10.1 Å².